The quantitative estimate of drug-likeness (QED) is 0.433. The Morgan fingerprint density at radius 2 is 1.80 bits per heavy atom. The van der Waals surface area contributed by atoms with Crippen LogP contribution in [-0.4, -0.2) is 32.5 Å². The minimum atomic E-state index is -2.75. The van der Waals surface area contributed by atoms with Crippen molar-refractivity contribution >= 4 is 0 Å². The van der Waals surface area contributed by atoms with Gasteiger partial charge in [0.1, 0.15) is 0 Å². The molecule has 0 amide bonds. The van der Waals surface area contributed by atoms with Crippen molar-refractivity contribution in [2.45, 2.75) is 83.7 Å². The van der Waals surface area contributed by atoms with Crippen molar-refractivity contribution in [1.29, 1.82) is 0 Å². The second-order valence-electron chi connectivity index (χ2n) is 9.91. The van der Waals surface area contributed by atoms with Gasteiger partial charge in [0.2, 0.25) is 0 Å². The average Bonchev–Trinajstić information content (AvgIpc) is 2.81. The molecular formula is C21H34O4. The third kappa shape index (κ3) is 2.72. The van der Waals surface area contributed by atoms with Gasteiger partial charge in [-0.05, 0) is 79.4 Å². The lowest BCUT2D eigenvalue weighted by molar-refractivity contribution is -0.274. The molecule has 2 unspecified atom stereocenters. The first-order valence-electron chi connectivity index (χ1n) is 10.2. The van der Waals surface area contributed by atoms with Crippen LogP contribution >= 0.6 is 0 Å². The van der Waals surface area contributed by atoms with Crippen molar-refractivity contribution in [1.82, 2.24) is 0 Å². The molecule has 7 atom stereocenters. The maximum absolute atomic E-state index is 11.2. The Morgan fingerprint density at radius 1 is 1.04 bits per heavy atom. The summed E-state index contributed by atoms with van der Waals surface area (Å²) in [5, 5.41) is 39.6. The molecule has 4 aliphatic rings. The molecule has 4 nitrogen and oxygen atoms in total. The highest BCUT2D eigenvalue weighted by Crippen LogP contribution is 2.67. The molecule has 0 aromatic carbocycles. The van der Waals surface area contributed by atoms with Crippen LogP contribution < -0.4 is 0 Å². The van der Waals surface area contributed by atoms with E-state index in [1.165, 1.54) is 44.6 Å². The summed E-state index contributed by atoms with van der Waals surface area (Å²) in [5.74, 6) is -0.607. The third-order valence-electron chi connectivity index (χ3n) is 8.73. The molecule has 0 heterocycles. The van der Waals surface area contributed by atoms with Gasteiger partial charge in [-0.15, -0.1) is 0 Å². The van der Waals surface area contributed by atoms with Gasteiger partial charge < -0.3 is 20.4 Å². The third-order valence-corrected chi connectivity index (χ3v) is 8.73. The Morgan fingerprint density at radius 3 is 2.52 bits per heavy atom. The van der Waals surface area contributed by atoms with Crippen LogP contribution in [0.5, 0.6) is 0 Å². The number of hydrogen-bond acceptors (Lipinski definition) is 4. The fourth-order valence-electron chi connectivity index (χ4n) is 7.74. The topological polar surface area (TPSA) is 80.9 Å². The lowest BCUT2D eigenvalue weighted by atomic mass is 9.44. The highest BCUT2D eigenvalue weighted by atomic mass is 16.7. The molecule has 0 aromatic heterocycles. The van der Waals surface area contributed by atoms with Crippen LogP contribution in [0.1, 0.15) is 71.6 Å². The van der Waals surface area contributed by atoms with Crippen LogP contribution in [0.2, 0.25) is 0 Å². The van der Waals surface area contributed by atoms with E-state index in [1.807, 2.05) is 0 Å². The van der Waals surface area contributed by atoms with Gasteiger partial charge in [0.05, 0.1) is 6.10 Å². The smallest absolute Gasteiger partial charge is 0.297 e. The predicted octanol–water partition coefficient (Wildman–Crippen LogP) is 2.95. The predicted molar refractivity (Wildman–Crippen MR) is 95.2 cm³/mol. The number of fused-ring (bicyclic) bond motifs is 5. The molecule has 142 valence electrons. The minimum absolute atomic E-state index is 0.224. The highest BCUT2D eigenvalue weighted by Gasteiger charge is 2.61. The van der Waals surface area contributed by atoms with Crippen molar-refractivity contribution in [3.05, 3.63) is 11.6 Å². The van der Waals surface area contributed by atoms with E-state index in [0.717, 1.165) is 24.3 Å². The van der Waals surface area contributed by atoms with Crippen LogP contribution in [0.15, 0.2) is 11.6 Å². The highest BCUT2D eigenvalue weighted by molar-refractivity contribution is 5.26. The Labute approximate surface area is 151 Å². The summed E-state index contributed by atoms with van der Waals surface area (Å²) in [7, 11) is 0. The van der Waals surface area contributed by atoms with Crippen LogP contribution in [0, 0.1) is 34.5 Å². The Kier molecular flexibility index (Phi) is 4.16. The first kappa shape index (κ1) is 18.0. The average molecular weight is 350 g/mol. The summed E-state index contributed by atoms with van der Waals surface area (Å²) < 4.78 is 0. The lowest BCUT2D eigenvalue weighted by Crippen LogP contribution is -2.57. The van der Waals surface area contributed by atoms with E-state index in [-0.39, 0.29) is 16.9 Å². The summed E-state index contributed by atoms with van der Waals surface area (Å²) in [6, 6.07) is 0. The van der Waals surface area contributed by atoms with Crippen molar-refractivity contribution < 1.29 is 20.4 Å². The zero-order chi connectivity index (χ0) is 18.0. The second-order valence-corrected chi connectivity index (χ2v) is 9.91. The second kappa shape index (κ2) is 5.79. The standard InChI is InChI=1S/C21H34O4/c1-19-10-4-3-5-13(19)6-8-15-16-9-7-14(11-21(23,24)25)20(16,2)12-17(22)18(15)19/h11,13,15-18,22-25H,3-10,12H2,1-2H3/t13?,15-,16-,17?,18+,19-,20+/m0/s1. The molecule has 0 bridgehead atoms. The van der Waals surface area contributed by atoms with Crippen LogP contribution in [0.25, 0.3) is 0 Å². The van der Waals surface area contributed by atoms with Gasteiger partial charge in [-0.25, -0.2) is 0 Å². The van der Waals surface area contributed by atoms with Crippen molar-refractivity contribution in [3.63, 3.8) is 0 Å². The van der Waals surface area contributed by atoms with E-state index in [9.17, 15) is 20.4 Å². The van der Waals surface area contributed by atoms with E-state index in [4.69, 9.17) is 0 Å². The van der Waals surface area contributed by atoms with Gasteiger partial charge in [0.15, 0.2) is 0 Å². The number of allylic oxidation sites excluding steroid dienone is 1. The van der Waals surface area contributed by atoms with Crippen LogP contribution in [-0.2, 0) is 0 Å². The molecule has 4 N–H and O–H groups in total. The van der Waals surface area contributed by atoms with Gasteiger partial charge in [-0.3, -0.25) is 0 Å². The maximum atomic E-state index is 11.2. The van der Waals surface area contributed by atoms with Crippen molar-refractivity contribution in [2.24, 2.45) is 34.5 Å². The Balaban J connectivity index is 1.68. The molecule has 25 heavy (non-hydrogen) atoms. The van der Waals surface area contributed by atoms with E-state index < -0.39 is 5.97 Å². The van der Waals surface area contributed by atoms with E-state index in [1.54, 1.807) is 0 Å². The normalized spacial score (nSPS) is 51.8. The molecule has 4 heteroatoms. The van der Waals surface area contributed by atoms with E-state index >= 15 is 0 Å². The SMILES string of the molecule is C[C@]12CCCCC1CC[C@@H]1[C@@H]2C(O)C[C@]2(C)C(=CC(O)(O)O)CC[C@@H]12. The zero-order valence-corrected chi connectivity index (χ0v) is 15.6. The first-order valence-corrected chi connectivity index (χ1v) is 10.2. The van der Waals surface area contributed by atoms with E-state index in [0.29, 0.717) is 24.2 Å². The van der Waals surface area contributed by atoms with Gasteiger partial charge in [0.25, 0.3) is 5.97 Å². The Hall–Kier alpha value is -0.420. The molecule has 0 spiro atoms. The molecule has 0 aromatic rings. The maximum Gasteiger partial charge on any atom is 0.297 e. The molecule has 0 radical (unpaired) electrons. The van der Waals surface area contributed by atoms with Gasteiger partial charge in [0, 0.05) is 6.08 Å². The van der Waals surface area contributed by atoms with Gasteiger partial charge in [-0.1, -0.05) is 32.3 Å². The largest absolute Gasteiger partial charge is 0.393 e. The summed E-state index contributed by atoms with van der Waals surface area (Å²) >= 11 is 0. The number of aliphatic hydroxyl groups excluding tert-OH is 1. The first-order chi connectivity index (χ1) is 11.7. The molecule has 4 aliphatic carbocycles. The van der Waals surface area contributed by atoms with Crippen LogP contribution in [0.4, 0.5) is 0 Å². The lowest BCUT2D eigenvalue weighted by Gasteiger charge is -2.61. The fourth-order valence-corrected chi connectivity index (χ4v) is 7.74. The molecule has 4 saturated carbocycles. The van der Waals surface area contributed by atoms with E-state index in [2.05, 4.69) is 13.8 Å². The van der Waals surface area contributed by atoms with Gasteiger partial charge >= 0.3 is 0 Å². The fraction of sp³-hybridized carbons (Fsp3) is 0.905. The Bertz CT molecular complexity index is 565. The van der Waals surface area contributed by atoms with Crippen LogP contribution in [0.3, 0.4) is 0 Å². The summed E-state index contributed by atoms with van der Waals surface area (Å²) in [4.78, 5) is 0. The number of rotatable bonds is 1. The molecule has 0 aliphatic heterocycles. The van der Waals surface area contributed by atoms with Crippen molar-refractivity contribution in [3.8, 4) is 0 Å². The number of hydrogen-bond donors (Lipinski definition) is 4. The van der Waals surface area contributed by atoms with Crippen molar-refractivity contribution in [2.75, 3.05) is 0 Å². The zero-order valence-electron chi connectivity index (χ0n) is 15.6. The monoisotopic (exact) mass is 350 g/mol. The molecule has 4 rings (SSSR count). The summed E-state index contributed by atoms with van der Waals surface area (Å²) in [6.07, 6.45) is 11.1. The minimum Gasteiger partial charge on any atom is -0.393 e. The van der Waals surface area contributed by atoms with Gasteiger partial charge in [-0.2, -0.15) is 0 Å². The summed E-state index contributed by atoms with van der Waals surface area (Å²) in [6.45, 7) is 4.60. The summed E-state index contributed by atoms with van der Waals surface area (Å²) in [5.41, 5.74) is 0.958. The number of aliphatic hydroxyl groups is 4. The molecule has 0 saturated heterocycles. The molecular weight excluding hydrogens is 316 g/mol. The molecule has 4 fully saturated rings.